The van der Waals surface area contributed by atoms with Crippen molar-refractivity contribution in [1.29, 1.82) is 0 Å². The van der Waals surface area contributed by atoms with Crippen LogP contribution in [0.5, 0.6) is 0 Å². The fourth-order valence-electron chi connectivity index (χ4n) is 3.46. The lowest BCUT2D eigenvalue weighted by Gasteiger charge is -2.31. The Kier molecular flexibility index (Phi) is 2.57. The van der Waals surface area contributed by atoms with Gasteiger partial charge in [-0.3, -0.25) is 0 Å². The summed E-state index contributed by atoms with van der Waals surface area (Å²) < 4.78 is 1.65. The van der Waals surface area contributed by atoms with Crippen molar-refractivity contribution in [3.63, 3.8) is 0 Å². The SMILES string of the molecule is NC1CC(c2cc3c(-c4cnn5ncccc45)ccnc3[nH]2)C1. The number of fused-ring (bicyclic) bond motifs is 2. The van der Waals surface area contributed by atoms with Crippen LogP contribution in [0.1, 0.15) is 24.5 Å². The largest absolute Gasteiger partial charge is 0.343 e. The molecule has 6 nitrogen and oxygen atoms in total. The van der Waals surface area contributed by atoms with E-state index in [2.05, 4.69) is 26.2 Å². The molecular weight excluding hydrogens is 288 g/mol. The molecule has 1 fully saturated rings. The summed E-state index contributed by atoms with van der Waals surface area (Å²) >= 11 is 0. The number of rotatable bonds is 2. The standard InChI is InChI=1S/C17H16N6/c18-11-6-10(7-11)15-8-13-12(3-5-19-17(13)22-15)14-9-21-23-16(14)2-1-4-20-23/h1-5,8-11H,6-7,18H2,(H,19,22). The molecule has 0 saturated heterocycles. The first-order valence-electron chi connectivity index (χ1n) is 7.82. The molecule has 0 atom stereocenters. The molecule has 0 aliphatic heterocycles. The fraction of sp³-hybridized carbons (Fsp3) is 0.235. The highest BCUT2D eigenvalue weighted by Crippen LogP contribution is 2.38. The Morgan fingerprint density at radius 2 is 2.04 bits per heavy atom. The molecule has 0 unspecified atom stereocenters. The van der Waals surface area contributed by atoms with Crippen molar-refractivity contribution in [2.45, 2.75) is 24.8 Å². The summed E-state index contributed by atoms with van der Waals surface area (Å²) in [6, 6.07) is 8.55. The van der Waals surface area contributed by atoms with Crippen molar-refractivity contribution in [3.05, 3.63) is 48.5 Å². The molecule has 6 heteroatoms. The summed E-state index contributed by atoms with van der Waals surface area (Å²) in [5.74, 6) is 0.526. The zero-order chi connectivity index (χ0) is 15.4. The summed E-state index contributed by atoms with van der Waals surface area (Å²) in [6.45, 7) is 0. The Balaban J connectivity index is 1.69. The normalized spacial score (nSPS) is 20.9. The second kappa shape index (κ2) is 4.63. The van der Waals surface area contributed by atoms with Gasteiger partial charge in [-0.05, 0) is 42.7 Å². The van der Waals surface area contributed by atoms with Crippen molar-refractivity contribution in [2.75, 3.05) is 0 Å². The maximum Gasteiger partial charge on any atom is 0.138 e. The summed E-state index contributed by atoms with van der Waals surface area (Å²) in [5, 5.41) is 9.71. The van der Waals surface area contributed by atoms with Crippen LogP contribution < -0.4 is 5.73 Å². The number of hydrogen-bond acceptors (Lipinski definition) is 4. The number of nitrogens with one attached hydrogen (secondary N) is 1. The predicted molar refractivity (Wildman–Crippen MR) is 88.0 cm³/mol. The number of aromatic nitrogens is 5. The Morgan fingerprint density at radius 1 is 1.13 bits per heavy atom. The zero-order valence-electron chi connectivity index (χ0n) is 12.5. The molecule has 0 bridgehead atoms. The van der Waals surface area contributed by atoms with Gasteiger partial charge in [-0.2, -0.15) is 14.8 Å². The third kappa shape index (κ3) is 1.88. The van der Waals surface area contributed by atoms with Gasteiger partial charge in [0.2, 0.25) is 0 Å². The van der Waals surface area contributed by atoms with Crippen LogP contribution in [0.2, 0.25) is 0 Å². The van der Waals surface area contributed by atoms with Crippen molar-refractivity contribution in [3.8, 4) is 11.1 Å². The summed E-state index contributed by atoms with van der Waals surface area (Å²) in [6.07, 6.45) is 7.53. The molecule has 0 spiro atoms. The second-order valence-electron chi connectivity index (χ2n) is 6.23. The number of pyridine rings is 1. The van der Waals surface area contributed by atoms with Gasteiger partial charge in [0.1, 0.15) is 5.65 Å². The lowest BCUT2D eigenvalue weighted by molar-refractivity contribution is 0.346. The van der Waals surface area contributed by atoms with Crippen LogP contribution in [0.15, 0.2) is 42.9 Å². The number of hydrogen-bond donors (Lipinski definition) is 2. The van der Waals surface area contributed by atoms with Crippen LogP contribution in [-0.2, 0) is 0 Å². The van der Waals surface area contributed by atoms with Gasteiger partial charge in [-0.25, -0.2) is 4.98 Å². The minimum atomic E-state index is 0.338. The van der Waals surface area contributed by atoms with E-state index in [0.29, 0.717) is 12.0 Å². The van der Waals surface area contributed by atoms with Crippen molar-refractivity contribution < 1.29 is 0 Å². The van der Waals surface area contributed by atoms with Gasteiger partial charge in [0.15, 0.2) is 0 Å². The minimum absolute atomic E-state index is 0.338. The molecule has 1 aliphatic carbocycles. The van der Waals surface area contributed by atoms with E-state index in [1.54, 1.807) is 10.8 Å². The minimum Gasteiger partial charge on any atom is -0.343 e. The third-order valence-electron chi connectivity index (χ3n) is 4.76. The topological polar surface area (TPSA) is 84.9 Å². The maximum absolute atomic E-state index is 5.92. The third-order valence-corrected chi connectivity index (χ3v) is 4.76. The Hall–Kier alpha value is -2.73. The average molecular weight is 304 g/mol. The van der Waals surface area contributed by atoms with Gasteiger partial charge in [0, 0.05) is 41.0 Å². The zero-order valence-corrected chi connectivity index (χ0v) is 12.5. The monoisotopic (exact) mass is 304 g/mol. The first-order valence-corrected chi connectivity index (χ1v) is 7.82. The molecule has 0 radical (unpaired) electrons. The molecule has 4 aromatic heterocycles. The Morgan fingerprint density at radius 3 is 2.91 bits per heavy atom. The van der Waals surface area contributed by atoms with E-state index in [1.165, 1.54) is 5.69 Å². The van der Waals surface area contributed by atoms with E-state index in [-0.39, 0.29) is 0 Å². The second-order valence-corrected chi connectivity index (χ2v) is 6.23. The molecular formula is C17H16N6. The lowest BCUT2D eigenvalue weighted by Crippen LogP contribution is -2.34. The van der Waals surface area contributed by atoms with Gasteiger partial charge < -0.3 is 10.7 Å². The molecule has 4 heterocycles. The van der Waals surface area contributed by atoms with Gasteiger partial charge in [0.25, 0.3) is 0 Å². The first-order chi connectivity index (χ1) is 11.3. The summed E-state index contributed by atoms with van der Waals surface area (Å²) in [7, 11) is 0. The van der Waals surface area contributed by atoms with E-state index in [0.717, 1.165) is 40.5 Å². The number of H-pyrrole nitrogens is 1. The van der Waals surface area contributed by atoms with Crippen molar-refractivity contribution in [1.82, 2.24) is 24.8 Å². The van der Waals surface area contributed by atoms with Crippen LogP contribution in [-0.4, -0.2) is 30.8 Å². The Bertz CT molecular complexity index is 1010. The van der Waals surface area contributed by atoms with E-state index < -0.39 is 0 Å². The van der Waals surface area contributed by atoms with Crippen molar-refractivity contribution >= 4 is 16.6 Å². The molecule has 1 aliphatic rings. The van der Waals surface area contributed by atoms with Crippen LogP contribution >= 0.6 is 0 Å². The van der Waals surface area contributed by atoms with Gasteiger partial charge in [0.05, 0.1) is 11.7 Å². The predicted octanol–water partition coefficient (Wildman–Crippen LogP) is 2.48. The number of nitrogens with zero attached hydrogens (tertiary/aromatic N) is 4. The summed E-state index contributed by atoms with van der Waals surface area (Å²) in [4.78, 5) is 7.94. The molecule has 114 valence electrons. The average Bonchev–Trinajstić information content (AvgIpc) is 3.15. The molecule has 0 aromatic carbocycles. The highest BCUT2D eigenvalue weighted by atomic mass is 15.4. The highest BCUT2D eigenvalue weighted by Gasteiger charge is 2.29. The first kappa shape index (κ1) is 12.8. The Labute approximate surface area is 132 Å². The van der Waals surface area contributed by atoms with Gasteiger partial charge >= 0.3 is 0 Å². The fourth-order valence-corrected chi connectivity index (χ4v) is 3.46. The van der Waals surface area contributed by atoms with Crippen LogP contribution in [0.25, 0.3) is 27.7 Å². The van der Waals surface area contributed by atoms with E-state index in [1.807, 2.05) is 30.6 Å². The number of nitrogens with two attached hydrogens (primary N) is 1. The van der Waals surface area contributed by atoms with E-state index in [9.17, 15) is 0 Å². The van der Waals surface area contributed by atoms with Crippen molar-refractivity contribution in [2.24, 2.45) is 5.73 Å². The molecule has 1 saturated carbocycles. The van der Waals surface area contributed by atoms with E-state index in [4.69, 9.17) is 5.73 Å². The molecule has 5 rings (SSSR count). The molecule has 0 amide bonds. The molecule has 3 N–H and O–H groups in total. The van der Waals surface area contributed by atoms with E-state index >= 15 is 0 Å². The summed E-state index contributed by atoms with van der Waals surface area (Å²) in [5.41, 5.74) is 11.3. The van der Waals surface area contributed by atoms with Gasteiger partial charge in [-0.15, -0.1) is 0 Å². The lowest BCUT2D eigenvalue weighted by atomic mass is 9.79. The van der Waals surface area contributed by atoms with Crippen LogP contribution in [0.4, 0.5) is 0 Å². The van der Waals surface area contributed by atoms with Crippen LogP contribution in [0.3, 0.4) is 0 Å². The van der Waals surface area contributed by atoms with Crippen LogP contribution in [0, 0.1) is 0 Å². The highest BCUT2D eigenvalue weighted by molar-refractivity contribution is 5.97. The maximum atomic E-state index is 5.92. The smallest absolute Gasteiger partial charge is 0.138 e. The number of aromatic amines is 1. The quantitative estimate of drug-likeness (QED) is 0.596. The van der Waals surface area contributed by atoms with Gasteiger partial charge in [-0.1, -0.05) is 0 Å². The molecule has 4 aromatic rings. The molecule has 23 heavy (non-hydrogen) atoms.